The summed E-state index contributed by atoms with van der Waals surface area (Å²) < 4.78 is 6.51. The molecule has 21 heavy (non-hydrogen) atoms. The number of hydrogen-bond acceptors (Lipinski definition) is 2. The zero-order valence-corrected chi connectivity index (χ0v) is 14.0. The van der Waals surface area contributed by atoms with E-state index in [0.29, 0.717) is 5.92 Å². The van der Waals surface area contributed by atoms with Gasteiger partial charge in [-0.15, -0.1) is 0 Å². The lowest BCUT2D eigenvalue weighted by Crippen LogP contribution is -2.49. The fourth-order valence-corrected chi connectivity index (χ4v) is 4.26. The topological polar surface area (TPSA) is 12.5 Å². The number of halogens is 1. The summed E-state index contributed by atoms with van der Waals surface area (Å²) in [7, 11) is 0. The molecule has 1 aliphatic heterocycles. The lowest BCUT2D eigenvalue weighted by Gasteiger charge is -2.42. The van der Waals surface area contributed by atoms with Crippen molar-refractivity contribution in [2.45, 2.75) is 51.6 Å². The molecule has 0 aromatic heterocycles. The Morgan fingerprint density at radius 1 is 1.29 bits per heavy atom. The standard InChI is InChI=1S/C18H26ClNO/c1-3-20(4-2)13-15-7-5-6-10-18(15)12-14-11-16(19)8-9-17(14)21-18/h8-9,11,15H,3-7,10,12-13H2,1-2H3/t15-,18-/m0/s1. The quantitative estimate of drug-likeness (QED) is 0.809. The largest absolute Gasteiger partial charge is 0.486 e. The van der Waals surface area contributed by atoms with Gasteiger partial charge in [-0.1, -0.05) is 31.9 Å². The van der Waals surface area contributed by atoms with E-state index in [4.69, 9.17) is 16.3 Å². The van der Waals surface area contributed by atoms with Crippen LogP contribution in [0.2, 0.25) is 5.02 Å². The average Bonchev–Trinajstić information content (AvgIpc) is 2.84. The summed E-state index contributed by atoms with van der Waals surface area (Å²) in [6.45, 7) is 7.92. The number of hydrogen-bond donors (Lipinski definition) is 0. The summed E-state index contributed by atoms with van der Waals surface area (Å²) in [4.78, 5) is 2.54. The van der Waals surface area contributed by atoms with Crippen molar-refractivity contribution in [2.75, 3.05) is 19.6 Å². The van der Waals surface area contributed by atoms with E-state index in [-0.39, 0.29) is 5.60 Å². The molecule has 0 N–H and O–H groups in total. The molecular weight excluding hydrogens is 282 g/mol. The van der Waals surface area contributed by atoms with Gasteiger partial charge in [-0.3, -0.25) is 0 Å². The molecule has 2 aliphatic rings. The minimum absolute atomic E-state index is 0.0217. The van der Waals surface area contributed by atoms with Crippen molar-refractivity contribution in [2.24, 2.45) is 5.92 Å². The number of benzene rings is 1. The first-order valence-electron chi connectivity index (χ1n) is 8.36. The number of nitrogens with zero attached hydrogens (tertiary/aromatic N) is 1. The van der Waals surface area contributed by atoms with Crippen LogP contribution in [0.3, 0.4) is 0 Å². The molecule has 1 heterocycles. The third kappa shape index (κ3) is 2.93. The second-order valence-electron chi connectivity index (χ2n) is 6.52. The van der Waals surface area contributed by atoms with Crippen molar-refractivity contribution in [1.82, 2.24) is 4.90 Å². The SMILES string of the molecule is CCN(CC)C[C@@H]1CCCC[C@]12Cc1cc(Cl)ccc1O2. The Morgan fingerprint density at radius 2 is 2.10 bits per heavy atom. The third-order valence-electron chi connectivity index (χ3n) is 5.35. The summed E-state index contributed by atoms with van der Waals surface area (Å²) in [6.07, 6.45) is 6.14. The van der Waals surface area contributed by atoms with Gasteiger partial charge in [0.05, 0.1) is 0 Å². The minimum atomic E-state index is 0.0217. The molecule has 1 aromatic rings. The van der Waals surface area contributed by atoms with Crippen LogP contribution >= 0.6 is 11.6 Å². The van der Waals surface area contributed by atoms with E-state index in [1.54, 1.807) is 0 Å². The second kappa shape index (κ2) is 6.18. The molecule has 0 amide bonds. The van der Waals surface area contributed by atoms with Crippen LogP contribution in [0.15, 0.2) is 18.2 Å². The van der Waals surface area contributed by atoms with Crippen molar-refractivity contribution in [3.05, 3.63) is 28.8 Å². The molecule has 2 atom stereocenters. The van der Waals surface area contributed by atoms with Crippen molar-refractivity contribution < 1.29 is 4.74 Å². The van der Waals surface area contributed by atoms with E-state index < -0.39 is 0 Å². The van der Waals surface area contributed by atoms with Gasteiger partial charge in [-0.2, -0.15) is 0 Å². The first-order valence-corrected chi connectivity index (χ1v) is 8.74. The fourth-order valence-electron chi connectivity index (χ4n) is 4.06. The molecule has 1 aliphatic carbocycles. The molecule has 0 radical (unpaired) electrons. The van der Waals surface area contributed by atoms with Gasteiger partial charge in [0, 0.05) is 23.9 Å². The van der Waals surface area contributed by atoms with Crippen LogP contribution in [0, 0.1) is 5.92 Å². The minimum Gasteiger partial charge on any atom is -0.486 e. The van der Waals surface area contributed by atoms with Crippen LogP contribution in [0.25, 0.3) is 0 Å². The van der Waals surface area contributed by atoms with Gasteiger partial charge >= 0.3 is 0 Å². The van der Waals surface area contributed by atoms with Gasteiger partial charge in [0.1, 0.15) is 11.4 Å². The Kier molecular flexibility index (Phi) is 4.46. The van der Waals surface area contributed by atoms with Crippen LogP contribution in [0.5, 0.6) is 5.75 Å². The highest BCUT2D eigenvalue weighted by Gasteiger charge is 2.47. The molecule has 1 spiro atoms. The first kappa shape index (κ1) is 15.2. The van der Waals surface area contributed by atoms with Crippen LogP contribution < -0.4 is 4.74 Å². The highest BCUT2D eigenvalue weighted by atomic mass is 35.5. The van der Waals surface area contributed by atoms with Gasteiger partial charge in [0.2, 0.25) is 0 Å². The lowest BCUT2D eigenvalue weighted by molar-refractivity contribution is -0.0192. The molecule has 0 saturated heterocycles. The summed E-state index contributed by atoms with van der Waals surface area (Å²) in [5.74, 6) is 1.70. The number of ether oxygens (including phenoxy) is 1. The maximum atomic E-state index is 6.51. The normalized spacial score (nSPS) is 27.9. The maximum absolute atomic E-state index is 6.51. The molecule has 1 saturated carbocycles. The maximum Gasteiger partial charge on any atom is 0.123 e. The molecule has 0 unspecified atom stereocenters. The van der Waals surface area contributed by atoms with E-state index in [0.717, 1.165) is 36.8 Å². The Morgan fingerprint density at radius 3 is 2.86 bits per heavy atom. The van der Waals surface area contributed by atoms with Crippen LogP contribution in [0.1, 0.15) is 45.1 Å². The van der Waals surface area contributed by atoms with Gasteiger partial charge in [-0.05, 0) is 56.1 Å². The van der Waals surface area contributed by atoms with Gasteiger partial charge in [-0.25, -0.2) is 0 Å². The monoisotopic (exact) mass is 307 g/mol. The Balaban J connectivity index is 1.82. The van der Waals surface area contributed by atoms with Gasteiger partial charge < -0.3 is 9.64 Å². The third-order valence-corrected chi connectivity index (χ3v) is 5.58. The van der Waals surface area contributed by atoms with Crippen LogP contribution in [-0.2, 0) is 6.42 Å². The summed E-state index contributed by atoms with van der Waals surface area (Å²) >= 11 is 6.15. The zero-order valence-electron chi connectivity index (χ0n) is 13.2. The average molecular weight is 308 g/mol. The predicted molar refractivity (Wildman–Crippen MR) is 88.3 cm³/mol. The molecule has 3 rings (SSSR count). The molecule has 0 bridgehead atoms. The van der Waals surface area contributed by atoms with Gasteiger partial charge in [0.15, 0.2) is 0 Å². The van der Waals surface area contributed by atoms with Crippen LogP contribution in [-0.4, -0.2) is 30.1 Å². The zero-order chi connectivity index (χ0) is 14.9. The van der Waals surface area contributed by atoms with Crippen molar-refractivity contribution in [1.29, 1.82) is 0 Å². The van der Waals surface area contributed by atoms with E-state index in [9.17, 15) is 0 Å². The molecule has 3 heteroatoms. The van der Waals surface area contributed by atoms with E-state index in [2.05, 4.69) is 30.9 Å². The lowest BCUT2D eigenvalue weighted by atomic mass is 9.73. The fraction of sp³-hybridized carbons (Fsp3) is 0.667. The van der Waals surface area contributed by atoms with E-state index in [1.165, 1.54) is 31.2 Å². The van der Waals surface area contributed by atoms with Crippen LogP contribution in [0.4, 0.5) is 0 Å². The summed E-state index contributed by atoms with van der Waals surface area (Å²) in [5, 5.41) is 0.825. The summed E-state index contributed by atoms with van der Waals surface area (Å²) in [6, 6.07) is 6.09. The smallest absolute Gasteiger partial charge is 0.123 e. The van der Waals surface area contributed by atoms with Crippen molar-refractivity contribution >= 4 is 11.6 Å². The molecule has 1 fully saturated rings. The Labute approximate surface area is 133 Å². The second-order valence-corrected chi connectivity index (χ2v) is 6.96. The Bertz CT molecular complexity index is 500. The van der Waals surface area contributed by atoms with Gasteiger partial charge in [0.25, 0.3) is 0 Å². The van der Waals surface area contributed by atoms with Crippen molar-refractivity contribution in [3.63, 3.8) is 0 Å². The Hall–Kier alpha value is -0.730. The highest BCUT2D eigenvalue weighted by molar-refractivity contribution is 6.30. The molecule has 2 nitrogen and oxygen atoms in total. The number of fused-ring (bicyclic) bond motifs is 1. The highest BCUT2D eigenvalue weighted by Crippen LogP contribution is 2.47. The predicted octanol–water partition coefficient (Wildman–Crippen LogP) is 4.55. The molecule has 116 valence electrons. The van der Waals surface area contributed by atoms with E-state index in [1.807, 2.05) is 6.07 Å². The first-order chi connectivity index (χ1) is 10.2. The van der Waals surface area contributed by atoms with Crippen molar-refractivity contribution in [3.8, 4) is 5.75 Å². The summed E-state index contributed by atoms with van der Waals surface area (Å²) in [5.41, 5.74) is 1.32. The van der Waals surface area contributed by atoms with E-state index >= 15 is 0 Å². The number of rotatable bonds is 4. The molecular formula is C18H26ClNO. The molecule has 1 aromatic carbocycles.